The van der Waals surface area contributed by atoms with Gasteiger partial charge >= 0.3 is 5.97 Å². The molecule has 0 aromatic heterocycles. The average Bonchev–Trinajstić information content (AvgIpc) is 2.48. The van der Waals surface area contributed by atoms with Gasteiger partial charge in [0.1, 0.15) is 5.92 Å². The van der Waals surface area contributed by atoms with Gasteiger partial charge in [-0.1, -0.05) is 0 Å². The molecule has 1 fully saturated rings. The van der Waals surface area contributed by atoms with E-state index >= 15 is 0 Å². The quantitative estimate of drug-likeness (QED) is 0.396. The maximum Gasteiger partial charge on any atom is 0.316 e. The first kappa shape index (κ1) is 11.8. The Kier molecular flexibility index (Phi) is 3.88. The minimum Gasteiger partial charge on any atom is -0.465 e. The van der Waals surface area contributed by atoms with Crippen LogP contribution >= 0.6 is 0 Å². The van der Waals surface area contributed by atoms with Gasteiger partial charge in [0.15, 0.2) is 5.78 Å². The van der Waals surface area contributed by atoms with Gasteiger partial charge in [0.2, 0.25) is 0 Å². The Morgan fingerprint density at radius 1 is 1.60 bits per heavy atom. The van der Waals surface area contributed by atoms with Crippen LogP contribution in [0.2, 0.25) is 0 Å². The van der Waals surface area contributed by atoms with Crippen LogP contribution in [0.25, 0.3) is 0 Å². The maximum atomic E-state index is 11.8. The van der Waals surface area contributed by atoms with Crippen molar-refractivity contribution < 1.29 is 14.3 Å². The Hall–Kier alpha value is -1.32. The zero-order chi connectivity index (χ0) is 11.4. The lowest BCUT2D eigenvalue weighted by Gasteiger charge is -2.07. The Morgan fingerprint density at radius 3 is 2.80 bits per heavy atom. The molecule has 1 atom stereocenters. The summed E-state index contributed by atoms with van der Waals surface area (Å²) in [5.41, 5.74) is 0.720. The second-order valence-electron chi connectivity index (χ2n) is 3.83. The van der Waals surface area contributed by atoms with Gasteiger partial charge in [-0.25, -0.2) is 0 Å². The zero-order valence-electron chi connectivity index (χ0n) is 9.45. The van der Waals surface area contributed by atoms with Gasteiger partial charge in [0.25, 0.3) is 0 Å². The van der Waals surface area contributed by atoms with Crippen LogP contribution in [-0.2, 0) is 14.3 Å². The van der Waals surface area contributed by atoms with E-state index in [-0.39, 0.29) is 11.8 Å². The number of rotatable bonds is 3. The van der Waals surface area contributed by atoms with Crippen molar-refractivity contribution in [3.8, 4) is 0 Å². The number of esters is 1. The monoisotopic (exact) mass is 211 g/mol. The molecule has 1 saturated carbocycles. The highest BCUT2D eigenvalue weighted by Crippen LogP contribution is 2.27. The molecule has 1 rings (SSSR count). The predicted molar refractivity (Wildman–Crippen MR) is 56.1 cm³/mol. The molecule has 0 aromatic carbocycles. The topological polar surface area (TPSA) is 46.6 Å². The highest BCUT2D eigenvalue weighted by Gasteiger charge is 2.35. The molecule has 0 aliphatic heterocycles. The fourth-order valence-corrected chi connectivity index (χ4v) is 1.69. The van der Waals surface area contributed by atoms with Crippen molar-refractivity contribution in [1.29, 1.82) is 0 Å². The molecule has 0 radical (unpaired) electrons. The summed E-state index contributed by atoms with van der Waals surface area (Å²) in [6.45, 7) is 2.07. The number of ether oxygens (including phenoxy) is 1. The lowest BCUT2D eigenvalue weighted by molar-refractivity contribution is -0.150. The summed E-state index contributed by atoms with van der Waals surface area (Å²) in [4.78, 5) is 25.0. The number of nitrogens with zero attached hydrogens (tertiary/aromatic N) is 1. The van der Waals surface area contributed by atoms with E-state index in [0.29, 0.717) is 19.4 Å². The summed E-state index contributed by atoms with van der Waals surface area (Å²) in [5.74, 6) is -1.04. The maximum absolute atomic E-state index is 11.8. The summed E-state index contributed by atoms with van der Waals surface area (Å²) in [5, 5.41) is 0. The lowest BCUT2D eigenvalue weighted by Crippen LogP contribution is -2.22. The van der Waals surface area contributed by atoms with Crippen LogP contribution in [0.15, 0.2) is 11.8 Å². The number of carbonyl (C=O) groups is 2. The van der Waals surface area contributed by atoms with E-state index in [2.05, 4.69) is 0 Å². The van der Waals surface area contributed by atoms with Crippen LogP contribution in [0, 0.1) is 5.92 Å². The Balaban J connectivity index is 2.68. The Labute approximate surface area is 89.9 Å². The average molecular weight is 211 g/mol. The highest BCUT2D eigenvalue weighted by molar-refractivity contribution is 6.10. The molecule has 0 N–H and O–H groups in total. The number of ketones is 1. The van der Waals surface area contributed by atoms with E-state index in [1.165, 1.54) is 0 Å². The zero-order valence-corrected chi connectivity index (χ0v) is 9.45. The third-order valence-electron chi connectivity index (χ3n) is 2.32. The minimum absolute atomic E-state index is 0.0813. The molecule has 1 unspecified atom stereocenters. The molecule has 15 heavy (non-hydrogen) atoms. The van der Waals surface area contributed by atoms with E-state index < -0.39 is 5.92 Å². The van der Waals surface area contributed by atoms with E-state index in [1.807, 2.05) is 19.0 Å². The van der Waals surface area contributed by atoms with Crippen molar-refractivity contribution in [1.82, 2.24) is 4.90 Å². The summed E-state index contributed by atoms with van der Waals surface area (Å²) in [6.07, 6.45) is 3.03. The van der Waals surface area contributed by atoms with Gasteiger partial charge in [0, 0.05) is 25.9 Å². The first-order valence-corrected chi connectivity index (χ1v) is 5.14. The minimum atomic E-state index is -0.573. The standard InChI is InChI=1S/C11H17NO3/c1-4-15-11(14)9-6-5-8(10(9)13)7-12(2)3/h7,9H,4-6H2,1-3H3. The van der Waals surface area contributed by atoms with E-state index in [1.54, 1.807) is 13.1 Å². The molecule has 1 aliphatic rings. The lowest BCUT2D eigenvalue weighted by atomic mass is 10.1. The second-order valence-corrected chi connectivity index (χ2v) is 3.83. The molecule has 0 aromatic rings. The molecule has 4 heteroatoms. The molecule has 0 bridgehead atoms. The smallest absolute Gasteiger partial charge is 0.316 e. The van der Waals surface area contributed by atoms with Crippen molar-refractivity contribution in [2.75, 3.05) is 20.7 Å². The Morgan fingerprint density at radius 2 is 2.27 bits per heavy atom. The fraction of sp³-hybridized carbons (Fsp3) is 0.636. The van der Waals surface area contributed by atoms with Crippen LogP contribution in [0.1, 0.15) is 19.8 Å². The summed E-state index contributed by atoms with van der Waals surface area (Å²) < 4.78 is 4.85. The van der Waals surface area contributed by atoms with Gasteiger partial charge in [0.05, 0.1) is 6.61 Å². The van der Waals surface area contributed by atoms with E-state index in [4.69, 9.17) is 4.74 Å². The van der Waals surface area contributed by atoms with Gasteiger partial charge in [-0.15, -0.1) is 0 Å². The van der Waals surface area contributed by atoms with Gasteiger partial charge in [-0.2, -0.15) is 0 Å². The summed E-state index contributed by atoms with van der Waals surface area (Å²) >= 11 is 0. The number of Topliss-reactive ketones (excluding diaryl/α,β-unsaturated/α-hetero) is 1. The van der Waals surface area contributed by atoms with Crippen LogP contribution in [0.4, 0.5) is 0 Å². The van der Waals surface area contributed by atoms with Crippen molar-refractivity contribution in [2.24, 2.45) is 5.92 Å². The first-order chi connectivity index (χ1) is 7.06. The van der Waals surface area contributed by atoms with Crippen LogP contribution in [-0.4, -0.2) is 37.4 Å². The third-order valence-corrected chi connectivity index (χ3v) is 2.32. The van der Waals surface area contributed by atoms with Crippen molar-refractivity contribution in [3.63, 3.8) is 0 Å². The van der Waals surface area contributed by atoms with Crippen LogP contribution in [0.5, 0.6) is 0 Å². The molecule has 0 amide bonds. The van der Waals surface area contributed by atoms with Crippen LogP contribution in [0.3, 0.4) is 0 Å². The van der Waals surface area contributed by atoms with Gasteiger partial charge in [-0.3, -0.25) is 9.59 Å². The van der Waals surface area contributed by atoms with Crippen molar-refractivity contribution in [3.05, 3.63) is 11.8 Å². The second kappa shape index (κ2) is 4.96. The van der Waals surface area contributed by atoms with Crippen molar-refractivity contribution >= 4 is 11.8 Å². The van der Waals surface area contributed by atoms with Gasteiger partial charge < -0.3 is 9.64 Å². The molecular formula is C11H17NO3. The first-order valence-electron chi connectivity index (χ1n) is 5.14. The summed E-state index contributed by atoms with van der Waals surface area (Å²) in [6, 6.07) is 0. The number of hydrogen-bond acceptors (Lipinski definition) is 4. The van der Waals surface area contributed by atoms with Crippen LogP contribution < -0.4 is 0 Å². The SMILES string of the molecule is CCOC(=O)C1CCC(=CN(C)C)C1=O. The van der Waals surface area contributed by atoms with E-state index in [9.17, 15) is 9.59 Å². The molecule has 0 spiro atoms. The number of allylic oxidation sites excluding steroid dienone is 1. The molecule has 84 valence electrons. The highest BCUT2D eigenvalue weighted by atomic mass is 16.5. The molecule has 4 nitrogen and oxygen atoms in total. The molecular weight excluding hydrogens is 194 g/mol. The van der Waals surface area contributed by atoms with E-state index in [0.717, 1.165) is 5.57 Å². The Bertz CT molecular complexity index is 294. The largest absolute Gasteiger partial charge is 0.465 e. The fourth-order valence-electron chi connectivity index (χ4n) is 1.69. The number of hydrogen-bond donors (Lipinski definition) is 0. The van der Waals surface area contributed by atoms with Crippen molar-refractivity contribution in [2.45, 2.75) is 19.8 Å². The molecule has 0 heterocycles. The molecule has 0 saturated heterocycles. The normalized spacial score (nSPS) is 23.3. The molecule has 1 aliphatic carbocycles. The summed E-state index contributed by atoms with van der Waals surface area (Å²) in [7, 11) is 3.72. The third kappa shape index (κ3) is 2.81. The van der Waals surface area contributed by atoms with Gasteiger partial charge in [-0.05, 0) is 19.8 Å². The number of carbonyl (C=O) groups excluding carboxylic acids is 2. The predicted octanol–water partition coefficient (Wildman–Crippen LogP) is 0.974.